The van der Waals surface area contributed by atoms with Crippen molar-refractivity contribution in [2.24, 2.45) is 0 Å². The summed E-state index contributed by atoms with van der Waals surface area (Å²) in [6.07, 6.45) is 1.61. The lowest BCUT2D eigenvalue weighted by molar-refractivity contribution is 0.386. The van der Waals surface area contributed by atoms with Crippen molar-refractivity contribution in [3.05, 3.63) is 58.8 Å². The van der Waals surface area contributed by atoms with Gasteiger partial charge in [-0.1, -0.05) is 0 Å². The topological polar surface area (TPSA) is 69.1 Å². The fourth-order valence-corrected chi connectivity index (χ4v) is 2.83. The molecule has 0 aromatic heterocycles. The van der Waals surface area contributed by atoms with Gasteiger partial charge in [0.05, 0.1) is 25.5 Å². The molecule has 2 heterocycles. The third-order valence-corrected chi connectivity index (χ3v) is 4.11. The predicted molar refractivity (Wildman–Crippen MR) is 91.4 cm³/mol. The smallest absolute Gasteiger partial charge is 0.282 e. The standard InChI is InChI=1S/C18H14FN3O3/c1-24-11-4-5-15-12(8-11)17-13(9-20-15)18(23)22(21-17)10-3-6-16(25-2)14(19)7-10/h3-9,20H,1-2H3. The highest BCUT2D eigenvalue weighted by molar-refractivity contribution is 5.94. The van der Waals surface area contributed by atoms with Crippen molar-refractivity contribution >= 4 is 10.9 Å². The lowest BCUT2D eigenvalue weighted by Crippen LogP contribution is -2.14. The molecule has 6 nitrogen and oxygen atoms in total. The van der Waals surface area contributed by atoms with Crippen molar-refractivity contribution in [2.75, 3.05) is 14.2 Å². The number of ether oxygens (including phenoxy) is 2. The average Bonchev–Trinajstić information content (AvgIpc) is 2.98. The van der Waals surface area contributed by atoms with Gasteiger partial charge >= 0.3 is 0 Å². The van der Waals surface area contributed by atoms with E-state index in [1.165, 1.54) is 23.9 Å². The molecule has 0 atom stereocenters. The van der Waals surface area contributed by atoms with Crippen LogP contribution in [0, 0.1) is 5.82 Å². The Kier molecular flexibility index (Phi) is 3.42. The Morgan fingerprint density at radius 3 is 2.68 bits per heavy atom. The zero-order valence-corrected chi connectivity index (χ0v) is 13.5. The molecule has 0 saturated carbocycles. The second-order valence-electron chi connectivity index (χ2n) is 5.50. The van der Waals surface area contributed by atoms with Gasteiger partial charge in [-0.15, -0.1) is 0 Å². The van der Waals surface area contributed by atoms with E-state index in [0.29, 0.717) is 22.7 Å². The van der Waals surface area contributed by atoms with Crippen molar-refractivity contribution in [1.82, 2.24) is 14.8 Å². The number of fused-ring (bicyclic) bond motifs is 3. The summed E-state index contributed by atoms with van der Waals surface area (Å²) in [7, 11) is 2.96. The zero-order chi connectivity index (χ0) is 17.6. The Labute approximate surface area is 141 Å². The molecule has 7 heteroatoms. The monoisotopic (exact) mass is 339 g/mol. The summed E-state index contributed by atoms with van der Waals surface area (Å²) < 4.78 is 25.3. The molecule has 4 rings (SSSR count). The molecule has 126 valence electrons. The Balaban J connectivity index is 1.98. The van der Waals surface area contributed by atoms with Crippen molar-refractivity contribution in [2.45, 2.75) is 0 Å². The first-order valence-electron chi connectivity index (χ1n) is 7.54. The van der Waals surface area contributed by atoms with Gasteiger partial charge in [-0.25, -0.2) is 4.39 Å². The molecule has 0 unspecified atom stereocenters. The maximum atomic E-state index is 14.0. The Hall–Kier alpha value is -3.35. The van der Waals surface area contributed by atoms with Gasteiger partial charge in [0.1, 0.15) is 11.4 Å². The molecule has 2 aliphatic heterocycles. The number of halogens is 1. The molecular formula is C18H14FN3O3. The highest BCUT2D eigenvalue weighted by atomic mass is 19.1. The second kappa shape index (κ2) is 5.62. The van der Waals surface area contributed by atoms with E-state index in [1.54, 1.807) is 25.4 Å². The maximum absolute atomic E-state index is 14.0. The number of nitrogens with one attached hydrogen (secondary N) is 1. The van der Waals surface area contributed by atoms with E-state index < -0.39 is 5.82 Å². The number of methoxy groups -OCH3 is 2. The predicted octanol–water partition coefficient (Wildman–Crippen LogP) is 2.97. The Morgan fingerprint density at radius 2 is 1.96 bits per heavy atom. The number of hydrogen-bond acceptors (Lipinski definition) is 4. The molecule has 1 N–H and O–H groups in total. The van der Waals surface area contributed by atoms with Crippen molar-refractivity contribution in [3.8, 4) is 28.4 Å². The highest BCUT2D eigenvalue weighted by Gasteiger charge is 2.20. The van der Waals surface area contributed by atoms with Gasteiger partial charge in [0.2, 0.25) is 0 Å². The number of nitrogens with zero attached hydrogens (tertiary/aromatic N) is 2. The first kappa shape index (κ1) is 15.2. The number of benzene rings is 2. The van der Waals surface area contributed by atoms with E-state index in [2.05, 4.69) is 10.1 Å². The molecular weight excluding hydrogens is 325 g/mol. The van der Waals surface area contributed by atoms with E-state index in [9.17, 15) is 9.18 Å². The molecule has 0 amide bonds. The molecule has 2 aliphatic rings. The summed E-state index contributed by atoms with van der Waals surface area (Å²) in [6, 6.07) is 9.74. The zero-order valence-electron chi connectivity index (χ0n) is 13.5. The summed E-state index contributed by atoms with van der Waals surface area (Å²) in [6.45, 7) is 0. The quantitative estimate of drug-likeness (QED) is 0.623. The highest BCUT2D eigenvalue weighted by Crippen LogP contribution is 2.29. The van der Waals surface area contributed by atoms with Crippen LogP contribution in [0.2, 0.25) is 0 Å². The summed E-state index contributed by atoms with van der Waals surface area (Å²) >= 11 is 0. The van der Waals surface area contributed by atoms with E-state index in [-0.39, 0.29) is 11.3 Å². The van der Waals surface area contributed by atoms with Gasteiger partial charge in [0.15, 0.2) is 11.6 Å². The largest absolute Gasteiger partial charge is 0.497 e. The number of aromatic nitrogens is 3. The molecule has 2 aromatic carbocycles. The fraction of sp³-hybridized carbons (Fsp3) is 0.111. The molecule has 0 saturated heterocycles. The van der Waals surface area contributed by atoms with Crippen LogP contribution in [0.4, 0.5) is 4.39 Å². The number of aromatic amines is 1. The average molecular weight is 339 g/mol. The fourth-order valence-electron chi connectivity index (χ4n) is 2.83. The molecule has 0 bridgehead atoms. The SMILES string of the molecule is COc1ccc2[nH]cc3c(=O)n(-c4ccc(OC)c(F)c4)nc-3c2c1. The van der Waals surface area contributed by atoms with Gasteiger partial charge in [0, 0.05) is 23.2 Å². The van der Waals surface area contributed by atoms with Crippen molar-refractivity contribution < 1.29 is 13.9 Å². The van der Waals surface area contributed by atoms with Crippen LogP contribution >= 0.6 is 0 Å². The Morgan fingerprint density at radius 1 is 1.12 bits per heavy atom. The number of H-pyrrole nitrogens is 1. The first-order valence-corrected chi connectivity index (χ1v) is 7.54. The normalized spacial score (nSPS) is 11.2. The number of pyridine rings is 1. The summed E-state index contributed by atoms with van der Waals surface area (Å²) in [5.41, 5.74) is 1.75. The van der Waals surface area contributed by atoms with Crippen LogP contribution in [-0.2, 0) is 0 Å². The van der Waals surface area contributed by atoms with Crippen LogP contribution in [0.3, 0.4) is 0 Å². The van der Waals surface area contributed by atoms with Crippen LogP contribution < -0.4 is 15.0 Å². The van der Waals surface area contributed by atoms with Crippen molar-refractivity contribution in [3.63, 3.8) is 0 Å². The molecule has 0 spiro atoms. The maximum Gasteiger partial charge on any atom is 0.282 e. The minimum absolute atomic E-state index is 0.108. The van der Waals surface area contributed by atoms with Crippen LogP contribution in [0.25, 0.3) is 27.8 Å². The van der Waals surface area contributed by atoms with Crippen LogP contribution in [0.5, 0.6) is 11.5 Å². The van der Waals surface area contributed by atoms with Crippen molar-refractivity contribution in [1.29, 1.82) is 0 Å². The summed E-state index contributed by atoms with van der Waals surface area (Å²) in [5.74, 6) is 0.208. The van der Waals surface area contributed by atoms with Gasteiger partial charge in [0.25, 0.3) is 5.56 Å². The molecule has 0 aliphatic carbocycles. The lowest BCUT2D eigenvalue weighted by Gasteiger charge is -2.05. The number of hydrogen-bond donors (Lipinski definition) is 1. The van der Waals surface area contributed by atoms with Crippen LogP contribution in [0.15, 0.2) is 47.4 Å². The number of rotatable bonds is 3. The van der Waals surface area contributed by atoms with Crippen LogP contribution in [0.1, 0.15) is 0 Å². The molecule has 2 aromatic rings. The molecule has 0 radical (unpaired) electrons. The van der Waals surface area contributed by atoms with Gasteiger partial charge in [-0.05, 0) is 30.3 Å². The summed E-state index contributed by atoms with van der Waals surface area (Å²) in [5, 5.41) is 5.16. The van der Waals surface area contributed by atoms with Crippen LogP contribution in [-0.4, -0.2) is 29.0 Å². The third kappa shape index (κ3) is 2.32. The van der Waals surface area contributed by atoms with E-state index in [0.717, 1.165) is 10.9 Å². The van der Waals surface area contributed by atoms with E-state index >= 15 is 0 Å². The second-order valence-corrected chi connectivity index (χ2v) is 5.50. The minimum atomic E-state index is -0.558. The van der Waals surface area contributed by atoms with Gasteiger partial charge in [-0.3, -0.25) is 4.79 Å². The van der Waals surface area contributed by atoms with Gasteiger partial charge in [-0.2, -0.15) is 9.78 Å². The minimum Gasteiger partial charge on any atom is -0.497 e. The summed E-state index contributed by atoms with van der Waals surface area (Å²) in [4.78, 5) is 15.8. The lowest BCUT2D eigenvalue weighted by atomic mass is 10.1. The molecule has 25 heavy (non-hydrogen) atoms. The third-order valence-electron chi connectivity index (χ3n) is 4.11. The molecule has 0 fully saturated rings. The van der Waals surface area contributed by atoms with E-state index in [1.807, 2.05) is 12.1 Å². The van der Waals surface area contributed by atoms with Gasteiger partial charge < -0.3 is 14.5 Å². The Bertz CT molecular complexity index is 1120. The van der Waals surface area contributed by atoms with E-state index in [4.69, 9.17) is 9.47 Å². The first-order chi connectivity index (χ1) is 12.1.